The second-order valence-electron chi connectivity index (χ2n) is 4.11. The number of esters is 1. The molecule has 0 radical (unpaired) electrons. The average molecular weight is 278 g/mol. The van der Waals surface area contributed by atoms with Crippen LogP contribution >= 0.6 is 0 Å². The number of hydrogen-bond donors (Lipinski definition) is 0. The van der Waals surface area contributed by atoms with Crippen LogP contribution in [-0.2, 0) is 14.3 Å². The molecule has 0 unspecified atom stereocenters. The molecular weight excluding hydrogens is 256 g/mol. The summed E-state index contributed by atoms with van der Waals surface area (Å²) in [5, 5.41) is 0. The van der Waals surface area contributed by atoms with E-state index < -0.39 is 0 Å². The summed E-state index contributed by atoms with van der Waals surface area (Å²) in [6.45, 7) is 5.24. The van der Waals surface area contributed by atoms with Gasteiger partial charge in [-0.05, 0) is 37.6 Å². The largest absolute Gasteiger partial charge is 0.497 e. The van der Waals surface area contributed by atoms with E-state index in [9.17, 15) is 4.79 Å². The monoisotopic (exact) mass is 278 g/mol. The third-order valence-corrected chi connectivity index (χ3v) is 2.71. The zero-order chi connectivity index (χ0) is 14.8. The topological polar surface area (TPSA) is 44.8 Å². The number of hydrogen-bond acceptors (Lipinski definition) is 4. The molecule has 110 valence electrons. The Hall–Kier alpha value is -1.81. The number of methoxy groups -OCH3 is 1. The van der Waals surface area contributed by atoms with Crippen molar-refractivity contribution in [3.05, 3.63) is 35.4 Å². The molecule has 0 saturated heterocycles. The van der Waals surface area contributed by atoms with Crippen LogP contribution in [0.15, 0.2) is 29.8 Å². The van der Waals surface area contributed by atoms with Crippen molar-refractivity contribution in [1.29, 1.82) is 0 Å². The molecule has 0 bridgehead atoms. The van der Waals surface area contributed by atoms with Gasteiger partial charge in [0.1, 0.15) is 5.75 Å². The zero-order valence-electron chi connectivity index (χ0n) is 12.3. The number of carbonyl (C=O) groups is 1. The summed E-state index contributed by atoms with van der Waals surface area (Å²) >= 11 is 0. The van der Waals surface area contributed by atoms with Crippen LogP contribution < -0.4 is 4.74 Å². The molecule has 0 saturated carbocycles. The molecule has 20 heavy (non-hydrogen) atoms. The minimum Gasteiger partial charge on any atom is -0.497 e. The second-order valence-corrected chi connectivity index (χ2v) is 4.11. The fourth-order valence-corrected chi connectivity index (χ4v) is 1.68. The van der Waals surface area contributed by atoms with Crippen LogP contribution in [0, 0.1) is 0 Å². The first-order valence-corrected chi connectivity index (χ1v) is 6.80. The smallest absolute Gasteiger partial charge is 0.334 e. The molecule has 0 atom stereocenters. The molecule has 0 spiro atoms. The Morgan fingerprint density at radius 3 is 2.40 bits per heavy atom. The van der Waals surface area contributed by atoms with Gasteiger partial charge in [0.05, 0.1) is 20.3 Å². The van der Waals surface area contributed by atoms with Gasteiger partial charge in [0, 0.05) is 18.6 Å². The highest BCUT2D eigenvalue weighted by molar-refractivity contribution is 5.93. The molecule has 0 heterocycles. The van der Waals surface area contributed by atoms with Crippen LogP contribution in [0.5, 0.6) is 5.75 Å². The van der Waals surface area contributed by atoms with Crippen molar-refractivity contribution >= 4 is 12.0 Å². The fraction of sp³-hybridized carbons (Fsp3) is 0.438. The lowest BCUT2D eigenvalue weighted by molar-refractivity contribution is -0.138. The summed E-state index contributed by atoms with van der Waals surface area (Å²) in [6, 6.07) is 7.52. The standard InChI is InChI=1S/C16H22O4/c1-4-19-11-10-14(16(17)20-5-2)12-13-6-8-15(18-3)9-7-13/h6-9,12H,4-5,10-11H2,1-3H3. The highest BCUT2D eigenvalue weighted by atomic mass is 16.5. The van der Waals surface area contributed by atoms with Gasteiger partial charge < -0.3 is 14.2 Å². The van der Waals surface area contributed by atoms with Crippen LogP contribution in [0.4, 0.5) is 0 Å². The van der Waals surface area contributed by atoms with Crippen LogP contribution in [0.1, 0.15) is 25.8 Å². The summed E-state index contributed by atoms with van der Waals surface area (Å²) in [6.07, 6.45) is 2.37. The number of rotatable bonds is 8. The van der Waals surface area contributed by atoms with E-state index in [1.807, 2.05) is 37.3 Å². The third-order valence-electron chi connectivity index (χ3n) is 2.71. The van der Waals surface area contributed by atoms with Gasteiger partial charge in [0.15, 0.2) is 0 Å². The summed E-state index contributed by atoms with van der Waals surface area (Å²) in [4.78, 5) is 11.9. The maximum Gasteiger partial charge on any atom is 0.334 e. The summed E-state index contributed by atoms with van der Waals surface area (Å²) in [5.41, 5.74) is 1.55. The normalized spacial score (nSPS) is 11.2. The van der Waals surface area contributed by atoms with Gasteiger partial charge in [-0.25, -0.2) is 4.79 Å². The van der Waals surface area contributed by atoms with Crippen molar-refractivity contribution in [2.24, 2.45) is 0 Å². The molecule has 1 rings (SSSR count). The van der Waals surface area contributed by atoms with Crippen molar-refractivity contribution in [2.75, 3.05) is 26.9 Å². The second kappa shape index (κ2) is 9.15. The number of ether oxygens (including phenoxy) is 3. The Labute approximate surface area is 120 Å². The number of carbonyl (C=O) groups excluding carboxylic acids is 1. The van der Waals surface area contributed by atoms with E-state index >= 15 is 0 Å². The highest BCUT2D eigenvalue weighted by Crippen LogP contribution is 2.16. The average Bonchev–Trinajstić information content (AvgIpc) is 2.47. The van der Waals surface area contributed by atoms with E-state index in [0.717, 1.165) is 11.3 Å². The SMILES string of the molecule is CCOCCC(=Cc1ccc(OC)cc1)C(=O)OCC. The first-order valence-electron chi connectivity index (χ1n) is 6.80. The molecule has 0 aromatic heterocycles. The fourth-order valence-electron chi connectivity index (χ4n) is 1.68. The lowest BCUT2D eigenvalue weighted by atomic mass is 10.1. The van der Waals surface area contributed by atoms with Crippen molar-refractivity contribution in [3.8, 4) is 5.75 Å². The minimum atomic E-state index is -0.289. The lowest BCUT2D eigenvalue weighted by Gasteiger charge is -2.08. The Balaban J connectivity index is 2.82. The van der Waals surface area contributed by atoms with E-state index in [2.05, 4.69) is 0 Å². The predicted octanol–water partition coefficient (Wildman–Crippen LogP) is 3.07. The summed E-state index contributed by atoms with van der Waals surface area (Å²) in [5.74, 6) is 0.497. The molecule has 4 nitrogen and oxygen atoms in total. The summed E-state index contributed by atoms with van der Waals surface area (Å²) in [7, 11) is 1.62. The van der Waals surface area contributed by atoms with Crippen LogP contribution in [0.3, 0.4) is 0 Å². The van der Waals surface area contributed by atoms with Gasteiger partial charge in [-0.2, -0.15) is 0 Å². The Morgan fingerprint density at radius 1 is 1.15 bits per heavy atom. The molecule has 0 aliphatic heterocycles. The van der Waals surface area contributed by atoms with Gasteiger partial charge in [-0.3, -0.25) is 0 Å². The maximum absolute atomic E-state index is 11.9. The van der Waals surface area contributed by atoms with Gasteiger partial charge in [0.2, 0.25) is 0 Å². The van der Waals surface area contributed by atoms with Crippen molar-refractivity contribution in [3.63, 3.8) is 0 Å². The number of benzene rings is 1. The first-order chi connectivity index (χ1) is 9.71. The van der Waals surface area contributed by atoms with Crippen LogP contribution in [0.2, 0.25) is 0 Å². The Kier molecular flexibility index (Phi) is 7.43. The molecule has 0 aliphatic rings. The summed E-state index contributed by atoms with van der Waals surface area (Å²) < 4.78 is 15.5. The molecule has 1 aromatic rings. The maximum atomic E-state index is 11.9. The van der Waals surface area contributed by atoms with E-state index in [1.54, 1.807) is 14.0 Å². The van der Waals surface area contributed by atoms with E-state index in [-0.39, 0.29) is 5.97 Å². The Bertz CT molecular complexity index is 434. The molecule has 1 aromatic carbocycles. The van der Waals surface area contributed by atoms with Crippen molar-refractivity contribution in [1.82, 2.24) is 0 Å². The van der Waals surface area contributed by atoms with Gasteiger partial charge in [-0.1, -0.05) is 12.1 Å². The van der Waals surface area contributed by atoms with E-state index in [1.165, 1.54) is 0 Å². The van der Waals surface area contributed by atoms with Gasteiger partial charge in [-0.15, -0.1) is 0 Å². The van der Waals surface area contributed by atoms with E-state index in [4.69, 9.17) is 14.2 Å². The lowest BCUT2D eigenvalue weighted by Crippen LogP contribution is -2.10. The highest BCUT2D eigenvalue weighted by Gasteiger charge is 2.10. The molecule has 0 amide bonds. The first kappa shape index (κ1) is 16.2. The quantitative estimate of drug-likeness (QED) is 0.416. The zero-order valence-corrected chi connectivity index (χ0v) is 12.3. The molecular formula is C16H22O4. The third kappa shape index (κ3) is 5.45. The predicted molar refractivity (Wildman–Crippen MR) is 78.7 cm³/mol. The molecule has 4 heteroatoms. The molecule has 0 fully saturated rings. The van der Waals surface area contributed by atoms with E-state index in [0.29, 0.717) is 31.8 Å². The van der Waals surface area contributed by atoms with Crippen LogP contribution in [-0.4, -0.2) is 32.9 Å². The molecule has 0 aliphatic carbocycles. The van der Waals surface area contributed by atoms with Crippen LogP contribution in [0.25, 0.3) is 6.08 Å². The van der Waals surface area contributed by atoms with Crippen molar-refractivity contribution < 1.29 is 19.0 Å². The molecule has 0 N–H and O–H groups in total. The van der Waals surface area contributed by atoms with Crippen molar-refractivity contribution in [2.45, 2.75) is 20.3 Å². The minimum absolute atomic E-state index is 0.289. The van der Waals surface area contributed by atoms with Gasteiger partial charge >= 0.3 is 5.97 Å². The van der Waals surface area contributed by atoms with Gasteiger partial charge in [0.25, 0.3) is 0 Å². The Morgan fingerprint density at radius 2 is 1.85 bits per heavy atom.